The number of hydrogen-bond acceptors (Lipinski definition) is 3. The van der Waals surface area contributed by atoms with Crippen LogP contribution in [0, 0.1) is 5.92 Å². The number of aromatic nitrogens is 3. The predicted octanol–water partition coefficient (Wildman–Crippen LogP) is 6.61. The van der Waals surface area contributed by atoms with Crippen LogP contribution in [-0.4, -0.2) is 39.1 Å². The lowest BCUT2D eigenvalue weighted by atomic mass is 9.74. The van der Waals surface area contributed by atoms with E-state index < -0.39 is 0 Å². The van der Waals surface area contributed by atoms with Crippen molar-refractivity contribution in [3.05, 3.63) is 78.2 Å². The number of benzene rings is 2. The molecule has 4 aromatic rings. The van der Waals surface area contributed by atoms with Crippen LogP contribution < -0.4 is 0 Å². The first-order chi connectivity index (χ1) is 16.7. The van der Waals surface area contributed by atoms with E-state index >= 15 is 0 Å². The molecule has 0 radical (unpaired) electrons. The zero-order chi connectivity index (χ0) is 22.9. The first kappa shape index (κ1) is 21.5. The van der Waals surface area contributed by atoms with Crippen molar-refractivity contribution >= 4 is 5.65 Å². The van der Waals surface area contributed by atoms with E-state index in [1.54, 1.807) is 0 Å². The maximum atomic E-state index is 4.84. The third-order valence-corrected chi connectivity index (χ3v) is 8.14. The molecular formula is C30H34N4. The highest BCUT2D eigenvalue weighted by atomic mass is 15.2. The van der Waals surface area contributed by atoms with Gasteiger partial charge in [0.15, 0.2) is 5.65 Å². The van der Waals surface area contributed by atoms with Gasteiger partial charge in [-0.1, -0.05) is 61.9 Å². The van der Waals surface area contributed by atoms with Crippen molar-refractivity contribution in [1.29, 1.82) is 0 Å². The lowest BCUT2D eigenvalue weighted by Gasteiger charge is -2.31. The van der Waals surface area contributed by atoms with Crippen LogP contribution >= 0.6 is 0 Å². The summed E-state index contributed by atoms with van der Waals surface area (Å²) in [5.74, 6) is 1.46. The summed E-state index contributed by atoms with van der Waals surface area (Å²) >= 11 is 0. The summed E-state index contributed by atoms with van der Waals surface area (Å²) in [6, 6.07) is 18.0. The van der Waals surface area contributed by atoms with Gasteiger partial charge in [0.2, 0.25) is 0 Å². The number of fused-ring (bicyclic) bond motifs is 1. The average molecular weight is 451 g/mol. The molecule has 174 valence electrons. The summed E-state index contributed by atoms with van der Waals surface area (Å²) in [6.07, 6.45) is 14.0. The Bertz CT molecular complexity index is 1260. The van der Waals surface area contributed by atoms with Gasteiger partial charge in [-0.15, -0.1) is 0 Å². The maximum Gasteiger partial charge on any atom is 0.162 e. The molecule has 2 aromatic carbocycles. The van der Waals surface area contributed by atoms with Crippen LogP contribution in [0.3, 0.4) is 0 Å². The molecule has 4 nitrogen and oxygen atoms in total. The molecule has 6 rings (SSSR count). The van der Waals surface area contributed by atoms with E-state index in [0.717, 1.165) is 29.1 Å². The second-order valence-electron chi connectivity index (χ2n) is 10.3. The van der Waals surface area contributed by atoms with Crippen LogP contribution in [0.15, 0.2) is 67.1 Å². The third-order valence-electron chi connectivity index (χ3n) is 8.14. The molecule has 0 spiro atoms. The van der Waals surface area contributed by atoms with Gasteiger partial charge in [-0.25, -0.2) is 9.50 Å². The van der Waals surface area contributed by atoms with E-state index in [-0.39, 0.29) is 0 Å². The monoisotopic (exact) mass is 450 g/mol. The Morgan fingerprint density at radius 3 is 2.50 bits per heavy atom. The molecule has 3 heterocycles. The third kappa shape index (κ3) is 4.27. The van der Waals surface area contributed by atoms with E-state index in [9.17, 15) is 0 Å². The van der Waals surface area contributed by atoms with Gasteiger partial charge in [0.1, 0.15) is 0 Å². The Kier molecular flexibility index (Phi) is 5.92. The Balaban J connectivity index is 1.21. The zero-order valence-corrected chi connectivity index (χ0v) is 20.2. The van der Waals surface area contributed by atoms with Crippen LogP contribution in [0.1, 0.15) is 56.1 Å². The minimum atomic E-state index is 0.619. The summed E-state index contributed by atoms with van der Waals surface area (Å²) < 4.78 is 1.92. The summed E-state index contributed by atoms with van der Waals surface area (Å²) in [6.45, 7) is 6.07. The molecule has 1 atom stereocenters. The van der Waals surface area contributed by atoms with Crippen molar-refractivity contribution < 1.29 is 0 Å². The molecule has 1 saturated heterocycles. The van der Waals surface area contributed by atoms with Crippen molar-refractivity contribution in [1.82, 2.24) is 19.5 Å². The lowest BCUT2D eigenvalue weighted by molar-refractivity contribution is 0.272. The summed E-state index contributed by atoms with van der Waals surface area (Å²) in [7, 11) is 0. The molecule has 4 heteroatoms. The molecule has 1 saturated carbocycles. The predicted molar refractivity (Wildman–Crippen MR) is 139 cm³/mol. The van der Waals surface area contributed by atoms with Crippen LogP contribution in [0.5, 0.6) is 0 Å². The van der Waals surface area contributed by atoms with Crippen molar-refractivity contribution in [2.75, 3.05) is 19.6 Å². The summed E-state index contributed by atoms with van der Waals surface area (Å²) in [5.41, 5.74) is 8.35. The lowest BCUT2D eigenvalue weighted by Crippen LogP contribution is -2.21. The first-order valence-electron chi connectivity index (χ1n) is 13.0. The van der Waals surface area contributed by atoms with Crippen LogP contribution in [0.25, 0.3) is 27.9 Å². The summed E-state index contributed by atoms with van der Waals surface area (Å²) in [5, 5.41) is 4.66. The number of hydrogen-bond donors (Lipinski definition) is 0. The van der Waals surface area contributed by atoms with E-state index in [2.05, 4.69) is 71.7 Å². The van der Waals surface area contributed by atoms with Crippen LogP contribution in [-0.2, 0) is 6.42 Å². The van der Waals surface area contributed by atoms with Gasteiger partial charge in [-0.05, 0) is 79.3 Å². The van der Waals surface area contributed by atoms with Gasteiger partial charge < -0.3 is 4.90 Å². The largest absolute Gasteiger partial charge is 0.303 e. The van der Waals surface area contributed by atoms with Crippen molar-refractivity contribution in [2.24, 2.45) is 5.92 Å². The fourth-order valence-electron chi connectivity index (χ4n) is 5.59. The molecule has 34 heavy (non-hydrogen) atoms. The molecule has 0 N–H and O–H groups in total. The molecular weight excluding hydrogens is 416 g/mol. The number of rotatable bonds is 7. The minimum Gasteiger partial charge on any atom is -0.303 e. The number of nitrogens with zero attached hydrogens (tertiary/aromatic N) is 4. The fraction of sp³-hybridized carbons (Fsp3) is 0.400. The molecule has 2 fully saturated rings. The van der Waals surface area contributed by atoms with E-state index in [1.165, 1.54) is 74.0 Å². The van der Waals surface area contributed by atoms with E-state index in [4.69, 9.17) is 4.98 Å². The van der Waals surface area contributed by atoms with Crippen molar-refractivity contribution in [3.8, 4) is 22.3 Å². The SMILES string of the molecule is CC(c1cccc(-c2cnn3cc(-c4ccc(CCN5CCCC5)cc4)cnc23)c1)C1CCC1. The number of likely N-dealkylation sites (tertiary alicyclic amines) is 1. The molecule has 1 aliphatic heterocycles. The normalized spacial score (nSPS) is 17.8. The van der Waals surface area contributed by atoms with Gasteiger partial charge in [-0.2, -0.15) is 5.10 Å². The average Bonchev–Trinajstić information content (AvgIpc) is 3.52. The highest BCUT2D eigenvalue weighted by molar-refractivity contribution is 5.78. The Morgan fingerprint density at radius 2 is 1.74 bits per heavy atom. The van der Waals surface area contributed by atoms with E-state index in [1.807, 2.05) is 16.9 Å². The second-order valence-corrected chi connectivity index (χ2v) is 10.3. The Hall–Kier alpha value is -2.98. The zero-order valence-electron chi connectivity index (χ0n) is 20.2. The molecule has 0 amide bonds. The van der Waals surface area contributed by atoms with Gasteiger partial charge in [0.25, 0.3) is 0 Å². The van der Waals surface area contributed by atoms with Crippen LogP contribution in [0.4, 0.5) is 0 Å². The van der Waals surface area contributed by atoms with Gasteiger partial charge in [-0.3, -0.25) is 0 Å². The topological polar surface area (TPSA) is 33.4 Å². The van der Waals surface area contributed by atoms with Gasteiger partial charge >= 0.3 is 0 Å². The Labute approximate surface area is 202 Å². The van der Waals surface area contributed by atoms with E-state index in [0.29, 0.717) is 5.92 Å². The maximum absolute atomic E-state index is 4.84. The highest BCUT2D eigenvalue weighted by Crippen LogP contribution is 2.40. The quantitative estimate of drug-likeness (QED) is 0.318. The smallest absolute Gasteiger partial charge is 0.162 e. The molecule has 2 aromatic heterocycles. The first-order valence-corrected chi connectivity index (χ1v) is 13.0. The van der Waals surface area contributed by atoms with Crippen molar-refractivity contribution in [2.45, 2.75) is 51.4 Å². The van der Waals surface area contributed by atoms with Crippen molar-refractivity contribution in [3.63, 3.8) is 0 Å². The van der Waals surface area contributed by atoms with Gasteiger partial charge in [0.05, 0.1) is 6.20 Å². The summed E-state index contributed by atoms with van der Waals surface area (Å²) in [4.78, 5) is 7.41. The highest BCUT2D eigenvalue weighted by Gasteiger charge is 2.25. The minimum absolute atomic E-state index is 0.619. The Morgan fingerprint density at radius 1 is 0.912 bits per heavy atom. The standard InChI is InChI=1S/C30H34N4/c1-22(24-6-4-7-24)26-8-5-9-27(18-26)29-20-32-34-21-28(19-31-30(29)34)25-12-10-23(11-13-25)14-17-33-15-2-3-16-33/h5,8-13,18-22,24H,2-4,6-7,14-17H2,1H3. The van der Waals surface area contributed by atoms with Crippen LogP contribution in [0.2, 0.25) is 0 Å². The molecule has 2 aliphatic rings. The molecule has 1 unspecified atom stereocenters. The molecule has 1 aliphatic carbocycles. The fourth-order valence-corrected chi connectivity index (χ4v) is 5.59. The van der Waals surface area contributed by atoms with Gasteiger partial charge in [0, 0.05) is 30.1 Å². The second kappa shape index (κ2) is 9.34. The molecule has 0 bridgehead atoms.